The monoisotopic (exact) mass is 1310 g/mol. The lowest BCUT2D eigenvalue weighted by atomic mass is 10.1. The number of phenols is 6. The van der Waals surface area contributed by atoms with Crippen LogP contribution >= 0.6 is 0 Å². The first-order valence-corrected chi connectivity index (χ1v) is 28.7. The number of aryl methyl sites for hydroxylation is 3. The second-order valence-corrected chi connectivity index (χ2v) is 20.8. The standard InChI is InChI=1S/C60H69N13O21/c1-70-25-13-37(46(80)58(70)92)55(89)64-19-4-16-61-49(83)31-7-10-34(43(77)40(31)74)52(86)67-22-28-73(29-23-68-53(87)35-11-8-32(41(75)44(35)78)50(84)62-17-5-20-65-56(90)38-14-26-71(2)59(93)47(38)81)30-24-69-54(88)36-12-9-33(42(76)45(36)79)51(85)63-18-6-21-66-57(91)39-15-27-72(3)60(94)48(39)82/h7-15,25-27,74-82H,4-6,16-24,28-30H2,1-3H3,(H,61,83)(H,62,84)(H,63,85)(H,64,89)(H,65,90)(H,66,91)(H,67,86)(H,68,87)(H,69,88). The van der Waals surface area contributed by atoms with Crippen LogP contribution in [0, 0.1) is 0 Å². The van der Waals surface area contributed by atoms with Gasteiger partial charge >= 0.3 is 0 Å². The molecule has 500 valence electrons. The number of nitrogens with zero attached hydrogens (tertiary/aromatic N) is 4. The Morgan fingerprint density at radius 3 is 0.617 bits per heavy atom. The third-order valence-electron chi connectivity index (χ3n) is 14.3. The minimum atomic E-state index is -0.957. The third kappa shape index (κ3) is 17.6. The Morgan fingerprint density at radius 1 is 0.277 bits per heavy atom. The van der Waals surface area contributed by atoms with E-state index in [1.165, 1.54) is 57.9 Å². The maximum absolute atomic E-state index is 13.4. The number of rotatable bonds is 30. The van der Waals surface area contributed by atoms with Crippen LogP contribution in [-0.4, -0.2) is 196 Å². The van der Waals surface area contributed by atoms with Crippen LogP contribution in [0.1, 0.15) is 112 Å². The number of aromatic nitrogens is 3. The molecular formula is C60H69N13O21. The molecule has 3 heterocycles. The normalized spacial score (nSPS) is 10.9. The number of nitrogens with one attached hydrogen (secondary N) is 9. The van der Waals surface area contributed by atoms with E-state index in [9.17, 15) is 103 Å². The van der Waals surface area contributed by atoms with Crippen molar-refractivity contribution in [3.05, 3.63) is 154 Å². The maximum Gasteiger partial charge on any atom is 0.293 e. The van der Waals surface area contributed by atoms with Gasteiger partial charge < -0.3 is 108 Å². The molecule has 34 heteroatoms. The zero-order valence-corrected chi connectivity index (χ0v) is 50.7. The number of carbonyl (C=O) groups excluding carboxylic acids is 9. The number of carbonyl (C=O) groups is 9. The zero-order chi connectivity index (χ0) is 69.1. The Bertz CT molecular complexity index is 3700. The number of benzene rings is 3. The molecule has 3 aromatic carbocycles. The van der Waals surface area contributed by atoms with E-state index in [1.54, 1.807) is 4.90 Å². The largest absolute Gasteiger partial charge is 0.504 e. The lowest BCUT2D eigenvalue weighted by Crippen LogP contribution is -2.43. The Kier molecular flexibility index (Phi) is 24.6. The molecule has 0 aliphatic carbocycles. The molecule has 0 radical (unpaired) electrons. The smallest absolute Gasteiger partial charge is 0.293 e. The van der Waals surface area contributed by atoms with E-state index in [2.05, 4.69) is 47.9 Å². The number of hydrogen-bond donors (Lipinski definition) is 18. The van der Waals surface area contributed by atoms with Gasteiger partial charge in [0.15, 0.2) is 51.7 Å². The van der Waals surface area contributed by atoms with Gasteiger partial charge in [0.1, 0.15) is 0 Å². The molecule has 0 aliphatic rings. The first kappa shape index (κ1) is 71.0. The minimum absolute atomic E-state index is 0.00709. The summed E-state index contributed by atoms with van der Waals surface area (Å²) in [4.78, 5) is 154. The summed E-state index contributed by atoms with van der Waals surface area (Å²) in [5.74, 6) is -15.5. The van der Waals surface area contributed by atoms with Gasteiger partial charge in [0.05, 0.1) is 50.1 Å². The van der Waals surface area contributed by atoms with Crippen molar-refractivity contribution in [3.63, 3.8) is 0 Å². The number of amides is 9. The quantitative estimate of drug-likeness (QED) is 0.0166. The van der Waals surface area contributed by atoms with Crippen molar-refractivity contribution in [2.45, 2.75) is 19.3 Å². The molecule has 3 aromatic heterocycles. The lowest BCUT2D eigenvalue weighted by Gasteiger charge is -2.23. The van der Waals surface area contributed by atoms with Gasteiger partial charge in [-0.05, 0) is 73.9 Å². The third-order valence-corrected chi connectivity index (χ3v) is 14.3. The van der Waals surface area contributed by atoms with E-state index in [1.807, 2.05) is 0 Å². The Morgan fingerprint density at radius 2 is 0.436 bits per heavy atom. The number of pyridine rings is 3. The molecule has 0 spiro atoms. The van der Waals surface area contributed by atoms with Crippen LogP contribution in [-0.2, 0) is 21.1 Å². The zero-order valence-electron chi connectivity index (χ0n) is 50.7. The molecule has 0 unspecified atom stereocenters. The average Bonchev–Trinajstić information content (AvgIpc) is 0.926. The number of aromatic hydroxyl groups is 9. The molecule has 0 fully saturated rings. The summed E-state index contributed by atoms with van der Waals surface area (Å²) in [6, 6.07) is 10.1. The Balaban J connectivity index is 1.03. The van der Waals surface area contributed by atoms with Gasteiger partial charge in [0.25, 0.3) is 69.8 Å². The molecule has 9 amide bonds. The van der Waals surface area contributed by atoms with E-state index in [-0.39, 0.29) is 114 Å². The van der Waals surface area contributed by atoms with Crippen molar-refractivity contribution in [1.29, 1.82) is 0 Å². The molecule has 6 rings (SSSR count). The van der Waals surface area contributed by atoms with Gasteiger partial charge in [0, 0.05) is 118 Å². The first-order chi connectivity index (χ1) is 44.7. The fourth-order valence-electron chi connectivity index (χ4n) is 8.89. The van der Waals surface area contributed by atoms with Crippen molar-refractivity contribution >= 4 is 53.2 Å². The molecule has 6 aromatic rings. The van der Waals surface area contributed by atoms with Gasteiger partial charge in [-0.1, -0.05) is 0 Å². The molecular weight excluding hydrogens is 1240 g/mol. The van der Waals surface area contributed by atoms with Crippen LogP contribution in [0.4, 0.5) is 0 Å². The van der Waals surface area contributed by atoms with Crippen LogP contribution < -0.4 is 64.5 Å². The second-order valence-electron chi connectivity index (χ2n) is 20.8. The highest BCUT2D eigenvalue weighted by Crippen LogP contribution is 2.35. The summed E-state index contributed by atoms with van der Waals surface area (Å²) in [6.07, 6.45) is 4.35. The molecule has 0 saturated carbocycles. The topological polar surface area (TPSA) is 513 Å². The maximum atomic E-state index is 13.4. The lowest BCUT2D eigenvalue weighted by molar-refractivity contribution is 0.0920. The molecule has 0 atom stereocenters. The number of hydrogen-bond acceptors (Lipinski definition) is 22. The van der Waals surface area contributed by atoms with Crippen molar-refractivity contribution < 1.29 is 89.1 Å². The highest BCUT2D eigenvalue weighted by molar-refractivity contribution is 6.05. The van der Waals surface area contributed by atoms with Crippen LogP contribution in [0.15, 0.2) is 87.6 Å². The average molecular weight is 1310 g/mol. The second kappa shape index (κ2) is 32.6. The molecule has 0 saturated heterocycles. The van der Waals surface area contributed by atoms with E-state index in [0.717, 1.165) is 50.1 Å². The molecule has 0 aliphatic heterocycles. The van der Waals surface area contributed by atoms with E-state index < -0.39 is 155 Å². The fourth-order valence-corrected chi connectivity index (χ4v) is 8.89. The van der Waals surface area contributed by atoms with Crippen molar-refractivity contribution in [1.82, 2.24) is 66.5 Å². The summed E-state index contributed by atoms with van der Waals surface area (Å²) >= 11 is 0. The molecule has 18 N–H and O–H groups in total. The van der Waals surface area contributed by atoms with Crippen molar-refractivity contribution in [3.8, 4) is 51.7 Å². The van der Waals surface area contributed by atoms with Gasteiger partial charge in [-0.15, -0.1) is 0 Å². The predicted octanol–water partition coefficient (Wildman–Crippen LogP) is -2.33. The summed E-state index contributed by atoms with van der Waals surface area (Å²) in [7, 11) is 4.17. The van der Waals surface area contributed by atoms with Crippen molar-refractivity contribution in [2.24, 2.45) is 21.1 Å². The molecule has 0 bridgehead atoms. The van der Waals surface area contributed by atoms with Gasteiger partial charge in [-0.3, -0.25) is 62.4 Å². The van der Waals surface area contributed by atoms with Crippen LogP contribution in [0.2, 0.25) is 0 Å². The molecule has 34 nitrogen and oxygen atoms in total. The van der Waals surface area contributed by atoms with Crippen LogP contribution in [0.25, 0.3) is 0 Å². The Labute approximate surface area is 532 Å². The minimum Gasteiger partial charge on any atom is -0.504 e. The Hall–Kier alpha value is -12.1. The van der Waals surface area contributed by atoms with Crippen LogP contribution in [0.5, 0.6) is 51.7 Å². The highest BCUT2D eigenvalue weighted by atomic mass is 16.3. The van der Waals surface area contributed by atoms with Crippen LogP contribution in [0.3, 0.4) is 0 Å². The first-order valence-electron chi connectivity index (χ1n) is 28.7. The summed E-state index contributed by atoms with van der Waals surface area (Å²) in [6.45, 7) is -0.977. The summed E-state index contributed by atoms with van der Waals surface area (Å²) in [5.41, 5.74) is -5.70. The summed E-state index contributed by atoms with van der Waals surface area (Å²) in [5, 5.41) is 117. The van der Waals surface area contributed by atoms with Gasteiger partial charge in [-0.25, -0.2) is 0 Å². The predicted molar refractivity (Wildman–Crippen MR) is 331 cm³/mol. The van der Waals surface area contributed by atoms with E-state index >= 15 is 0 Å². The van der Waals surface area contributed by atoms with E-state index in [4.69, 9.17) is 0 Å². The SMILES string of the molecule is Cn1ccc(C(=O)NCCCNC(=O)c2ccc(C(=O)NCCN(CCNC(=O)c3ccc(C(=O)NCCCNC(=O)c4ccn(C)c(=O)c4O)c(O)c3O)CCNC(=O)c3ccc(C(=O)NCCCNC(=O)c4ccn(C)c(=O)c4O)c(O)c3O)c(O)c2O)c(O)c1=O. The molecule has 94 heavy (non-hydrogen) atoms. The van der Waals surface area contributed by atoms with Gasteiger partial charge in [0.2, 0.25) is 0 Å². The number of phenolic OH excluding ortho intramolecular Hbond substituents is 6. The van der Waals surface area contributed by atoms with Crippen molar-refractivity contribution in [2.75, 3.05) is 78.5 Å². The fraction of sp³-hybridized carbons (Fsp3) is 0.300. The summed E-state index contributed by atoms with van der Waals surface area (Å²) < 4.78 is 3.24. The highest BCUT2D eigenvalue weighted by Gasteiger charge is 2.26. The van der Waals surface area contributed by atoms with Gasteiger partial charge in [-0.2, -0.15) is 0 Å². The van der Waals surface area contributed by atoms with E-state index in [0.29, 0.717) is 0 Å².